The van der Waals surface area contributed by atoms with Gasteiger partial charge in [-0.2, -0.15) is 5.10 Å². The van der Waals surface area contributed by atoms with E-state index >= 15 is 0 Å². The third kappa shape index (κ3) is 2.71. The molecule has 0 aliphatic carbocycles. The minimum absolute atomic E-state index is 0.0764. The van der Waals surface area contributed by atoms with E-state index in [2.05, 4.69) is 5.10 Å². The maximum Gasteiger partial charge on any atom is 0.265 e. The van der Waals surface area contributed by atoms with E-state index in [1.165, 1.54) is 22.1 Å². The van der Waals surface area contributed by atoms with Gasteiger partial charge in [0.25, 0.3) is 10.0 Å². The topological polar surface area (TPSA) is 81.2 Å². The molecule has 3 rings (SSSR count). The fourth-order valence-electron chi connectivity index (χ4n) is 2.90. The van der Waals surface area contributed by atoms with E-state index in [0.29, 0.717) is 17.9 Å². The summed E-state index contributed by atoms with van der Waals surface area (Å²) >= 11 is 0. The summed E-state index contributed by atoms with van der Waals surface area (Å²) in [5.41, 5.74) is 7.67. The highest BCUT2D eigenvalue weighted by atomic mass is 32.2. The van der Waals surface area contributed by atoms with Crippen molar-refractivity contribution < 1.29 is 12.8 Å². The molecule has 0 saturated heterocycles. The molecular formula is C16H19FN4O2S. The highest BCUT2D eigenvalue weighted by molar-refractivity contribution is 7.92. The summed E-state index contributed by atoms with van der Waals surface area (Å²) in [7, 11) is -2.26. The predicted octanol–water partition coefficient (Wildman–Crippen LogP) is 1.73. The van der Waals surface area contributed by atoms with Crippen molar-refractivity contribution in [3.63, 3.8) is 0 Å². The number of nitrogens with two attached hydrogens (primary N) is 1. The normalized spacial score (nSPS) is 16.5. The summed E-state index contributed by atoms with van der Waals surface area (Å²) in [6.07, 6.45) is 1.79. The maximum atomic E-state index is 13.9. The number of allylic oxidation sites excluding steroid dienone is 1. The third-order valence-electron chi connectivity index (χ3n) is 4.10. The van der Waals surface area contributed by atoms with Crippen LogP contribution in [0.5, 0.6) is 0 Å². The van der Waals surface area contributed by atoms with Gasteiger partial charge >= 0.3 is 0 Å². The average molecular weight is 350 g/mol. The van der Waals surface area contributed by atoms with Crippen molar-refractivity contribution in [2.45, 2.75) is 24.8 Å². The second-order valence-electron chi connectivity index (χ2n) is 5.73. The van der Waals surface area contributed by atoms with Crippen LogP contribution in [0.4, 0.5) is 10.2 Å². The van der Waals surface area contributed by atoms with E-state index in [0.717, 1.165) is 11.1 Å². The molecule has 0 amide bonds. The Labute approximate surface area is 140 Å². The van der Waals surface area contributed by atoms with Gasteiger partial charge in [-0.25, -0.2) is 17.5 Å². The van der Waals surface area contributed by atoms with Crippen molar-refractivity contribution in [3.8, 4) is 0 Å². The van der Waals surface area contributed by atoms with Crippen molar-refractivity contribution in [3.05, 3.63) is 53.0 Å². The lowest BCUT2D eigenvalue weighted by Crippen LogP contribution is -2.30. The second-order valence-corrected chi connectivity index (χ2v) is 7.70. The van der Waals surface area contributed by atoms with Gasteiger partial charge in [0.2, 0.25) is 0 Å². The molecule has 0 fully saturated rings. The number of anilines is 1. The number of hydrogen-bond acceptors (Lipinski definition) is 4. The largest absolute Gasteiger partial charge is 0.327 e. The maximum absolute atomic E-state index is 13.9. The van der Waals surface area contributed by atoms with E-state index in [1.54, 1.807) is 25.1 Å². The van der Waals surface area contributed by atoms with Gasteiger partial charge in [0.05, 0.1) is 17.1 Å². The van der Waals surface area contributed by atoms with Crippen LogP contribution in [0.1, 0.15) is 16.8 Å². The van der Waals surface area contributed by atoms with Gasteiger partial charge in [-0.15, -0.1) is 0 Å². The van der Waals surface area contributed by atoms with Crippen LogP contribution in [0.15, 0.2) is 41.1 Å². The molecular weight excluding hydrogens is 331 g/mol. The summed E-state index contributed by atoms with van der Waals surface area (Å²) < 4.78 is 42.2. The first-order chi connectivity index (χ1) is 11.3. The lowest BCUT2D eigenvalue weighted by Gasteiger charge is -2.24. The van der Waals surface area contributed by atoms with Crippen LogP contribution >= 0.6 is 0 Å². The predicted molar refractivity (Wildman–Crippen MR) is 90.0 cm³/mol. The molecule has 2 N–H and O–H groups in total. The fraction of sp³-hybridized carbons (Fsp3) is 0.312. The summed E-state index contributed by atoms with van der Waals surface area (Å²) in [5.74, 6) is -0.0611. The Bertz CT molecular complexity index is 918. The van der Waals surface area contributed by atoms with Gasteiger partial charge in [-0.1, -0.05) is 12.1 Å². The molecule has 0 unspecified atom stereocenters. The quantitative estimate of drug-likeness (QED) is 0.914. The van der Waals surface area contributed by atoms with Crippen LogP contribution in [-0.4, -0.2) is 31.8 Å². The molecule has 6 nitrogen and oxygen atoms in total. The molecule has 2 bridgehead atoms. The van der Waals surface area contributed by atoms with E-state index in [4.69, 9.17) is 5.73 Å². The van der Waals surface area contributed by atoms with Crippen molar-refractivity contribution >= 4 is 15.8 Å². The Morgan fingerprint density at radius 2 is 2.21 bits per heavy atom. The summed E-state index contributed by atoms with van der Waals surface area (Å²) in [6, 6.07) is 6.83. The molecule has 1 aromatic heterocycles. The SMILES string of the molecule is Cc1nn(C/C(F)=C/CN)c2c1Cc1cccc(c1)S(=O)(=O)N2C. The molecule has 24 heavy (non-hydrogen) atoms. The first-order valence-corrected chi connectivity index (χ1v) is 8.97. The van der Waals surface area contributed by atoms with Crippen LogP contribution in [0.3, 0.4) is 0 Å². The van der Waals surface area contributed by atoms with Crippen molar-refractivity contribution in [2.75, 3.05) is 17.9 Å². The third-order valence-corrected chi connectivity index (χ3v) is 5.84. The molecule has 0 atom stereocenters. The zero-order valence-corrected chi connectivity index (χ0v) is 14.3. The number of sulfonamides is 1. The van der Waals surface area contributed by atoms with Gasteiger partial charge < -0.3 is 5.73 Å². The Hall–Kier alpha value is -2.19. The average Bonchev–Trinajstić information content (AvgIpc) is 2.81. The number of fused-ring (bicyclic) bond motifs is 3. The number of hydrogen-bond donors (Lipinski definition) is 1. The lowest BCUT2D eigenvalue weighted by atomic mass is 10.0. The number of halogens is 1. The molecule has 1 aliphatic rings. The molecule has 2 heterocycles. The number of nitrogens with zero attached hydrogens (tertiary/aromatic N) is 3. The minimum Gasteiger partial charge on any atom is -0.327 e. The zero-order chi connectivity index (χ0) is 17.5. The van der Waals surface area contributed by atoms with Gasteiger partial charge in [0.15, 0.2) is 0 Å². The highest BCUT2D eigenvalue weighted by Gasteiger charge is 2.30. The monoisotopic (exact) mass is 350 g/mol. The smallest absolute Gasteiger partial charge is 0.265 e. The summed E-state index contributed by atoms with van der Waals surface area (Å²) in [5, 5.41) is 4.35. The first-order valence-electron chi connectivity index (χ1n) is 7.53. The van der Waals surface area contributed by atoms with Crippen LogP contribution in [0, 0.1) is 6.92 Å². The second kappa shape index (κ2) is 6.03. The minimum atomic E-state index is -3.73. The summed E-state index contributed by atoms with van der Waals surface area (Å²) in [4.78, 5) is 0.219. The summed E-state index contributed by atoms with van der Waals surface area (Å²) in [6.45, 7) is 1.72. The molecule has 0 radical (unpaired) electrons. The van der Waals surface area contributed by atoms with Gasteiger partial charge in [-0.3, -0.25) is 4.31 Å². The van der Waals surface area contributed by atoms with Crippen molar-refractivity contribution in [2.24, 2.45) is 5.73 Å². The number of benzene rings is 1. The number of aryl methyl sites for hydroxylation is 1. The van der Waals surface area contributed by atoms with Gasteiger partial charge in [-0.05, 0) is 30.7 Å². The molecule has 1 aliphatic heterocycles. The van der Waals surface area contributed by atoms with E-state index in [1.807, 2.05) is 6.07 Å². The van der Waals surface area contributed by atoms with Crippen molar-refractivity contribution in [1.82, 2.24) is 9.78 Å². The van der Waals surface area contributed by atoms with E-state index in [-0.39, 0.29) is 18.0 Å². The van der Waals surface area contributed by atoms with Gasteiger partial charge in [0, 0.05) is 25.6 Å². The number of aromatic nitrogens is 2. The highest BCUT2D eigenvalue weighted by Crippen LogP contribution is 2.33. The molecule has 128 valence electrons. The van der Waals surface area contributed by atoms with Crippen molar-refractivity contribution in [1.29, 1.82) is 0 Å². The molecule has 8 heteroatoms. The fourth-order valence-corrected chi connectivity index (χ4v) is 4.20. The Morgan fingerprint density at radius 1 is 1.46 bits per heavy atom. The molecule has 0 saturated carbocycles. The lowest BCUT2D eigenvalue weighted by molar-refractivity contribution is 0.523. The van der Waals surface area contributed by atoms with Crippen LogP contribution in [-0.2, 0) is 23.0 Å². The molecule has 0 spiro atoms. The van der Waals surface area contributed by atoms with Crippen LogP contribution < -0.4 is 10.0 Å². The Kier molecular flexibility index (Phi) is 4.18. The van der Waals surface area contributed by atoms with Crippen LogP contribution in [0.2, 0.25) is 0 Å². The van der Waals surface area contributed by atoms with Crippen LogP contribution in [0.25, 0.3) is 0 Å². The molecule has 1 aromatic carbocycles. The number of rotatable bonds is 3. The first kappa shape index (κ1) is 16.7. The van der Waals surface area contributed by atoms with E-state index in [9.17, 15) is 12.8 Å². The zero-order valence-electron chi connectivity index (χ0n) is 13.5. The van der Waals surface area contributed by atoms with Gasteiger partial charge in [0.1, 0.15) is 11.6 Å². The Morgan fingerprint density at radius 3 is 2.92 bits per heavy atom. The molecule has 2 aromatic rings. The van der Waals surface area contributed by atoms with E-state index < -0.39 is 15.9 Å². The Balaban J connectivity index is 2.20. The standard InChI is InChI=1S/C16H19FN4O2S/c1-11-15-9-12-4-3-5-14(8-12)24(22,23)20(2)16(15)21(19-11)10-13(17)6-7-18/h3-6,8H,7,9-10,18H2,1-2H3/b13-6-.